The first-order valence-corrected chi connectivity index (χ1v) is 10.2. The van der Waals surface area contributed by atoms with Crippen molar-refractivity contribution >= 4 is 47.9 Å². The third kappa shape index (κ3) is 3.63. The average Bonchev–Trinajstić information content (AvgIpc) is 2.84. The number of benzene rings is 2. The second-order valence-corrected chi connectivity index (χ2v) is 9.12. The van der Waals surface area contributed by atoms with Crippen molar-refractivity contribution in [1.82, 2.24) is 0 Å². The first-order valence-electron chi connectivity index (χ1n) is 9.82. The van der Waals surface area contributed by atoms with Crippen molar-refractivity contribution in [3.05, 3.63) is 58.1 Å². The molecule has 4 rings (SSSR count). The Hall–Kier alpha value is -2.08. The highest BCUT2D eigenvalue weighted by molar-refractivity contribution is 6.62. The molecule has 0 unspecified atom stereocenters. The van der Waals surface area contributed by atoms with Crippen LogP contribution in [0.3, 0.4) is 0 Å². The third-order valence-electron chi connectivity index (χ3n) is 6.12. The Kier molecular flexibility index (Phi) is 4.89. The molecule has 0 aromatic heterocycles. The van der Waals surface area contributed by atoms with Gasteiger partial charge in [0, 0.05) is 11.9 Å². The van der Waals surface area contributed by atoms with Gasteiger partial charge in [-0.15, -0.1) is 0 Å². The molecule has 0 spiro atoms. The van der Waals surface area contributed by atoms with Gasteiger partial charge in [-0.25, -0.2) is 0 Å². The van der Waals surface area contributed by atoms with Crippen molar-refractivity contribution in [2.75, 3.05) is 4.90 Å². The maximum Gasteiger partial charge on any atom is 0.494 e. The molecule has 2 aromatic rings. The van der Waals surface area contributed by atoms with Gasteiger partial charge in [-0.3, -0.25) is 4.79 Å². The van der Waals surface area contributed by atoms with Crippen molar-refractivity contribution in [3.63, 3.8) is 0 Å². The number of nitrogens with zero attached hydrogens (tertiary/aromatic N) is 1. The summed E-state index contributed by atoms with van der Waals surface area (Å²) in [6.45, 7) is 10.2. The predicted molar refractivity (Wildman–Crippen MR) is 119 cm³/mol. The summed E-state index contributed by atoms with van der Waals surface area (Å²) in [7, 11) is -0.434. The SMILES string of the molecule is CC(=O)N1Cc2cc(B3OC(C)(C)C(C)(C)O3)ccc2C=Cc2cc(Cl)ccc21. The summed E-state index contributed by atoms with van der Waals surface area (Å²) in [5.41, 5.74) is 4.04. The van der Waals surface area contributed by atoms with Crippen LogP contribution in [0, 0.1) is 0 Å². The summed E-state index contributed by atoms with van der Waals surface area (Å²) < 4.78 is 12.4. The Morgan fingerprint density at radius 1 is 1.00 bits per heavy atom. The molecule has 29 heavy (non-hydrogen) atoms. The van der Waals surface area contributed by atoms with Crippen LogP contribution in [0.5, 0.6) is 0 Å². The normalized spacial score (nSPS) is 19.4. The molecule has 0 bridgehead atoms. The summed E-state index contributed by atoms with van der Waals surface area (Å²) >= 11 is 6.17. The number of anilines is 1. The minimum Gasteiger partial charge on any atom is -0.399 e. The van der Waals surface area contributed by atoms with Crippen LogP contribution in [0.4, 0.5) is 5.69 Å². The molecule has 0 aliphatic carbocycles. The molecule has 2 heterocycles. The molecular weight excluding hydrogens is 385 g/mol. The first kappa shape index (κ1) is 20.2. The number of carbonyl (C=O) groups excluding carboxylic acids is 1. The van der Waals surface area contributed by atoms with Crippen LogP contribution in [-0.2, 0) is 20.6 Å². The molecule has 4 nitrogen and oxygen atoms in total. The summed E-state index contributed by atoms with van der Waals surface area (Å²) in [6, 6.07) is 11.8. The lowest BCUT2D eigenvalue weighted by molar-refractivity contribution is -0.116. The van der Waals surface area contributed by atoms with Crippen LogP contribution in [0.15, 0.2) is 36.4 Å². The Balaban J connectivity index is 1.75. The van der Waals surface area contributed by atoms with Crippen LogP contribution in [-0.4, -0.2) is 24.2 Å². The van der Waals surface area contributed by atoms with Crippen molar-refractivity contribution < 1.29 is 14.1 Å². The number of amides is 1. The summed E-state index contributed by atoms with van der Waals surface area (Å²) in [4.78, 5) is 14.2. The quantitative estimate of drug-likeness (QED) is 0.642. The molecule has 150 valence electrons. The number of carbonyl (C=O) groups is 1. The molecule has 6 heteroatoms. The lowest BCUT2D eigenvalue weighted by Gasteiger charge is -2.32. The van der Waals surface area contributed by atoms with Gasteiger partial charge in [-0.1, -0.05) is 42.0 Å². The van der Waals surface area contributed by atoms with E-state index in [0.717, 1.165) is 27.8 Å². The van der Waals surface area contributed by atoms with Gasteiger partial charge in [-0.05, 0) is 68.0 Å². The van der Waals surface area contributed by atoms with E-state index in [1.54, 1.807) is 11.8 Å². The van der Waals surface area contributed by atoms with Crippen LogP contribution >= 0.6 is 11.6 Å². The number of rotatable bonds is 1. The molecule has 1 amide bonds. The fourth-order valence-corrected chi connectivity index (χ4v) is 3.85. The standard InChI is InChI=1S/C23H25BClNO3/c1-15(27)26-14-18-12-19(24-28-22(2,3)23(4,5)29-24)9-8-16(18)6-7-17-13-20(25)10-11-21(17)26/h6-13H,14H2,1-5H3. The minimum absolute atomic E-state index is 0.0177. The molecule has 2 aliphatic rings. The van der Waals surface area contributed by atoms with Crippen LogP contribution in [0.2, 0.25) is 5.02 Å². The number of hydrogen-bond donors (Lipinski definition) is 0. The van der Waals surface area contributed by atoms with Gasteiger partial charge >= 0.3 is 7.12 Å². The van der Waals surface area contributed by atoms with E-state index in [-0.39, 0.29) is 5.91 Å². The van der Waals surface area contributed by atoms with E-state index in [1.165, 1.54) is 0 Å². The van der Waals surface area contributed by atoms with Crippen molar-refractivity contribution in [3.8, 4) is 0 Å². The Bertz CT molecular complexity index is 999. The Labute approximate surface area is 177 Å². The van der Waals surface area contributed by atoms with Crippen molar-refractivity contribution in [2.45, 2.75) is 52.4 Å². The highest BCUT2D eigenvalue weighted by Gasteiger charge is 2.51. The summed E-state index contributed by atoms with van der Waals surface area (Å²) in [5.74, 6) is -0.0177. The molecule has 0 radical (unpaired) electrons. The minimum atomic E-state index is -0.434. The Morgan fingerprint density at radius 3 is 2.31 bits per heavy atom. The number of fused-ring (bicyclic) bond motifs is 2. The van der Waals surface area contributed by atoms with Crippen LogP contribution in [0.1, 0.15) is 51.3 Å². The molecule has 2 aliphatic heterocycles. The van der Waals surface area contributed by atoms with Gasteiger partial charge in [-0.2, -0.15) is 0 Å². The zero-order chi connectivity index (χ0) is 21.0. The molecule has 0 N–H and O–H groups in total. The lowest BCUT2D eigenvalue weighted by atomic mass is 9.77. The molecular formula is C23H25BClNO3. The zero-order valence-electron chi connectivity index (χ0n) is 17.5. The topological polar surface area (TPSA) is 38.8 Å². The summed E-state index contributed by atoms with van der Waals surface area (Å²) in [5, 5.41) is 0.647. The van der Waals surface area contributed by atoms with Gasteiger partial charge < -0.3 is 14.2 Å². The van der Waals surface area contributed by atoms with Gasteiger partial charge in [0.05, 0.1) is 23.4 Å². The number of halogens is 1. The van der Waals surface area contributed by atoms with E-state index >= 15 is 0 Å². The molecule has 0 atom stereocenters. The van der Waals surface area contributed by atoms with Crippen LogP contribution < -0.4 is 10.4 Å². The fraction of sp³-hybridized carbons (Fsp3) is 0.348. The second-order valence-electron chi connectivity index (χ2n) is 8.69. The van der Waals surface area contributed by atoms with E-state index < -0.39 is 18.3 Å². The van der Waals surface area contributed by atoms with E-state index in [2.05, 4.69) is 18.2 Å². The first-order chi connectivity index (χ1) is 13.6. The highest BCUT2D eigenvalue weighted by atomic mass is 35.5. The van der Waals surface area contributed by atoms with E-state index in [9.17, 15) is 4.79 Å². The molecule has 1 saturated heterocycles. The third-order valence-corrected chi connectivity index (χ3v) is 6.36. The summed E-state index contributed by atoms with van der Waals surface area (Å²) in [6.07, 6.45) is 4.07. The number of hydrogen-bond acceptors (Lipinski definition) is 3. The Morgan fingerprint density at radius 2 is 1.66 bits per heavy atom. The average molecular weight is 410 g/mol. The zero-order valence-corrected chi connectivity index (χ0v) is 18.2. The predicted octanol–water partition coefficient (Wildman–Crippen LogP) is 4.68. The van der Waals surface area contributed by atoms with E-state index in [1.807, 2.05) is 58.0 Å². The van der Waals surface area contributed by atoms with Crippen molar-refractivity contribution in [1.29, 1.82) is 0 Å². The highest BCUT2D eigenvalue weighted by Crippen LogP contribution is 2.37. The van der Waals surface area contributed by atoms with Gasteiger partial charge in [0.2, 0.25) is 5.91 Å². The van der Waals surface area contributed by atoms with Crippen LogP contribution in [0.25, 0.3) is 12.2 Å². The monoisotopic (exact) mass is 409 g/mol. The molecule has 0 saturated carbocycles. The smallest absolute Gasteiger partial charge is 0.399 e. The van der Waals surface area contributed by atoms with Crippen molar-refractivity contribution in [2.24, 2.45) is 0 Å². The molecule has 1 fully saturated rings. The van der Waals surface area contributed by atoms with E-state index in [0.29, 0.717) is 11.6 Å². The van der Waals surface area contributed by atoms with Gasteiger partial charge in [0.15, 0.2) is 0 Å². The largest absolute Gasteiger partial charge is 0.494 e. The molecule has 2 aromatic carbocycles. The van der Waals surface area contributed by atoms with E-state index in [4.69, 9.17) is 20.9 Å². The van der Waals surface area contributed by atoms with Gasteiger partial charge in [0.25, 0.3) is 0 Å². The second kappa shape index (κ2) is 7.01. The maximum absolute atomic E-state index is 12.5. The van der Waals surface area contributed by atoms with Gasteiger partial charge in [0.1, 0.15) is 0 Å². The maximum atomic E-state index is 12.5. The fourth-order valence-electron chi connectivity index (χ4n) is 3.67. The lowest BCUT2D eigenvalue weighted by Crippen LogP contribution is -2.41.